The van der Waals surface area contributed by atoms with Gasteiger partial charge in [0.2, 0.25) is 0 Å². The van der Waals surface area contributed by atoms with Crippen LogP contribution in [0, 0.1) is 0 Å². The SMILES string of the molecule is CCC(N)(CO)CO.Cl. The van der Waals surface area contributed by atoms with Gasteiger partial charge in [-0.25, -0.2) is 0 Å². The van der Waals surface area contributed by atoms with Crippen molar-refractivity contribution in [1.82, 2.24) is 0 Å². The minimum Gasteiger partial charge on any atom is -0.394 e. The van der Waals surface area contributed by atoms with Crippen molar-refractivity contribution in [2.75, 3.05) is 13.2 Å². The predicted molar refractivity (Wildman–Crippen MR) is 38.6 cm³/mol. The molecule has 0 aromatic rings. The molecule has 0 aromatic carbocycles. The number of hydrogen-bond donors (Lipinski definition) is 3. The third-order valence-corrected chi connectivity index (χ3v) is 1.33. The molecule has 0 spiro atoms. The van der Waals surface area contributed by atoms with Gasteiger partial charge in [-0.15, -0.1) is 12.4 Å². The fourth-order valence-electron chi connectivity index (χ4n) is 0.274. The number of aliphatic hydroxyl groups excluding tert-OH is 2. The Kier molecular flexibility index (Phi) is 6.61. The molecule has 0 aliphatic rings. The Hall–Kier alpha value is 0.170. The van der Waals surface area contributed by atoms with Crippen LogP contribution in [-0.2, 0) is 0 Å². The van der Waals surface area contributed by atoms with Crippen LogP contribution in [0.1, 0.15) is 13.3 Å². The molecule has 4 heteroatoms. The lowest BCUT2D eigenvalue weighted by atomic mass is 10.0. The van der Waals surface area contributed by atoms with E-state index in [-0.39, 0.29) is 25.6 Å². The van der Waals surface area contributed by atoms with Crippen molar-refractivity contribution in [2.24, 2.45) is 5.73 Å². The van der Waals surface area contributed by atoms with Crippen molar-refractivity contribution in [2.45, 2.75) is 18.9 Å². The Morgan fingerprint density at radius 3 is 1.67 bits per heavy atom. The van der Waals surface area contributed by atoms with Crippen LogP contribution in [0.2, 0.25) is 0 Å². The van der Waals surface area contributed by atoms with Crippen LogP contribution >= 0.6 is 12.4 Å². The largest absolute Gasteiger partial charge is 0.394 e. The molecule has 4 N–H and O–H groups in total. The van der Waals surface area contributed by atoms with Gasteiger partial charge in [-0.1, -0.05) is 6.92 Å². The topological polar surface area (TPSA) is 66.5 Å². The minimum atomic E-state index is -0.764. The fourth-order valence-corrected chi connectivity index (χ4v) is 0.274. The third kappa shape index (κ3) is 3.70. The number of halogens is 1. The molecule has 0 unspecified atom stereocenters. The van der Waals surface area contributed by atoms with Crippen LogP contribution in [0.25, 0.3) is 0 Å². The molecule has 58 valence electrons. The molecule has 0 saturated heterocycles. The molecule has 0 heterocycles. The summed E-state index contributed by atoms with van der Waals surface area (Å²) in [7, 11) is 0. The molecule has 0 fully saturated rings. The zero-order valence-electron chi connectivity index (χ0n) is 5.50. The van der Waals surface area contributed by atoms with E-state index in [1.165, 1.54) is 0 Å². The monoisotopic (exact) mass is 155 g/mol. The fraction of sp³-hybridized carbons (Fsp3) is 1.00. The van der Waals surface area contributed by atoms with Crippen LogP contribution in [0.3, 0.4) is 0 Å². The van der Waals surface area contributed by atoms with Crippen molar-refractivity contribution < 1.29 is 10.2 Å². The Morgan fingerprint density at radius 1 is 1.33 bits per heavy atom. The van der Waals surface area contributed by atoms with E-state index in [2.05, 4.69) is 0 Å². The van der Waals surface area contributed by atoms with Gasteiger partial charge in [0.05, 0.1) is 18.8 Å². The molecule has 0 bridgehead atoms. The van der Waals surface area contributed by atoms with Crippen LogP contribution in [0.5, 0.6) is 0 Å². The van der Waals surface area contributed by atoms with E-state index in [1.54, 1.807) is 0 Å². The molecule has 0 amide bonds. The van der Waals surface area contributed by atoms with Crippen molar-refractivity contribution in [1.29, 1.82) is 0 Å². The number of aliphatic hydroxyl groups is 2. The first kappa shape index (κ1) is 11.9. The van der Waals surface area contributed by atoms with Crippen LogP contribution in [0.15, 0.2) is 0 Å². The second kappa shape index (κ2) is 4.99. The highest BCUT2D eigenvalue weighted by atomic mass is 35.5. The van der Waals surface area contributed by atoms with Crippen molar-refractivity contribution >= 4 is 12.4 Å². The summed E-state index contributed by atoms with van der Waals surface area (Å²) in [6.07, 6.45) is 0.597. The van der Waals surface area contributed by atoms with Gasteiger partial charge in [0.25, 0.3) is 0 Å². The minimum absolute atomic E-state index is 0. The van der Waals surface area contributed by atoms with E-state index in [0.717, 1.165) is 0 Å². The van der Waals surface area contributed by atoms with Gasteiger partial charge in [0.1, 0.15) is 0 Å². The summed E-state index contributed by atoms with van der Waals surface area (Å²) in [5, 5.41) is 17.0. The van der Waals surface area contributed by atoms with Crippen LogP contribution < -0.4 is 5.73 Å². The molecule has 0 rings (SSSR count). The van der Waals surface area contributed by atoms with Gasteiger partial charge in [-0.2, -0.15) is 0 Å². The maximum atomic E-state index is 8.50. The highest BCUT2D eigenvalue weighted by Crippen LogP contribution is 2.01. The Labute approximate surface area is 61.3 Å². The number of hydrogen-bond acceptors (Lipinski definition) is 3. The second-order valence-corrected chi connectivity index (χ2v) is 2.03. The Bertz CT molecular complexity index is 57.7. The van der Waals surface area contributed by atoms with E-state index in [0.29, 0.717) is 6.42 Å². The summed E-state index contributed by atoms with van der Waals surface area (Å²) in [6.45, 7) is 1.52. The van der Waals surface area contributed by atoms with Crippen LogP contribution in [0.4, 0.5) is 0 Å². The average Bonchev–Trinajstić information content (AvgIpc) is 1.87. The molecule has 0 aliphatic carbocycles. The lowest BCUT2D eigenvalue weighted by Gasteiger charge is -2.21. The summed E-state index contributed by atoms with van der Waals surface area (Å²) in [6, 6.07) is 0. The third-order valence-electron chi connectivity index (χ3n) is 1.33. The summed E-state index contributed by atoms with van der Waals surface area (Å²) in [5.41, 5.74) is 4.63. The quantitative estimate of drug-likeness (QED) is 0.515. The molecular weight excluding hydrogens is 142 g/mol. The second-order valence-electron chi connectivity index (χ2n) is 2.03. The van der Waals surface area contributed by atoms with E-state index in [4.69, 9.17) is 15.9 Å². The highest BCUT2D eigenvalue weighted by Gasteiger charge is 2.19. The predicted octanol–water partition coefficient (Wildman–Crippen LogP) is -0.500. The lowest BCUT2D eigenvalue weighted by Crippen LogP contribution is -2.46. The molecule has 0 aromatic heterocycles. The summed E-state index contributed by atoms with van der Waals surface area (Å²) < 4.78 is 0. The zero-order valence-corrected chi connectivity index (χ0v) is 6.32. The first-order valence-corrected chi connectivity index (χ1v) is 2.69. The highest BCUT2D eigenvalue weighted by molar-refractivity contribution is 5.85. The molecular formula is C5H14ClNO2. The smallest absolute Gasteiger partial charge is 0.0633 e. The summed E-state index contributed by atoms with van der Waals surface area (Å²) in [5.74, 6) is 0. The van der Waals surface area contributed by atoms with Gasteiger partial charge < -0.3 is 15.9 Å². The van der Waals surface area contributed by atoms with Crippen LogP contribution in [-0.4, -0.2) is 29.0 Å². The van der Waals surface area contributed by atoms with Gasteiger partial charge >= 0.3 is 0 Å². The lowest BCUT2D eigenvalue weighted by molar-refractivity contribution is 0.118. The molecule has 0 radical (unpaired) electrons. The van der Waals surface area contributed by atoms with Crippen molar-refractivity contribution in [3.8, 4) is 0 Å². The summed E-state index contributed by atoms with van der Waals surface area (Å²) >= 11 is 0. The van der Waals surface area contributed by atoms with Crippen molar-refractivity contribution in [3.05, 3.63) is 0 Å². The van der Waals surface area contributed by atoms with E-state index in [9.17, 15) is 0 Å². The molecule has 0 saturated carbocycles. The normalized spacial score (nSPS) is 10.7. The molecule has 9 heavy (non-hydrogen) atoms. The first-order chi connectivity index (χ1) is 3.68. The average molecular weight is 156 g/mol. The standard InChI is InChI=1S/C5H13NO2.ClH/c1-2-5(6,3-7)4-8;/h7-8H,2-4,6H2,1H3;1H. The zero-order chi connectivity index (χ0) is 6.62. The maximum absolute atomic E-state index is 8.50. The summed E-state index contributed by atoms with van der Waals surface area (Å²) in [4.78, 5) is 0. The Balaban J connectivity index is 0. The molecule has 0 aliphatic heterocycles. The molecule has 0 atom stereocenters. The first-order valence-electron chi connectivity index (χ1n) is 2.69. The van der Waals surface area contributed by atoms with E-state index in [1.807, 2.05) is 6.92 Å². The number of nitrogens with two attached hydrogens (primary N) is 1. The van der Waals surface area contributed by atoms with E-state index < -0.39 is 5.54 Å². The van der Waals surface area contributed by atoms with Gasteiger partial charge in [-0.05, 0) is 6.42 Å². The Morgan fingerprint density at radius 2 is 1.67 bits per heavy atom. The molecule has 3 nitrogen and oxygen atoms in total. The van der Waals surface area contributed by atoms with Gasteiger partial charge in [-0.3, -0.25) is 0 Å². The van der Waals surface area contributed by atoms with Gasteiger partial charge in [0, 0.05) is 0 Å². The van der Waals surface area contributed by atoms with E-state index >= 15 is 0 Å². The van der Waals surface area contributed by atoms with Crippen molar-refractivity contribution in [3.63, 3.8) is 0 Å². The maximum Gasteiger partial charge on any atom is 0.0633 e. The van der Waals surface area contributed by atoms with Gasteiger partial charge in [0.15, 0.2) is 0 Å². The number of rotatable bonds is 3.